The molecule has 2 aromatic heterocycles. The fraction of sp³-hybridized carbons (Fsp3) is 0.333. The van der Waals surface area contributed by atoms with Gasteiger partial charge in [0.25, 0.3) is 5.56 Å². The van der Waals surface area contributed by atoms with Gasteiger partial charge in [0.05, 0.1) is 17.1 Å². The number of hydrogen-bond donors (Lipinski definition) is 1. The van der Waals surface area contributed by atoms with Gasteiger partial charge in [0.1, 0.15) is 18.0 Å². The monoisotopic (exact) mass is 520 g/mol. The summed E-state index contributed by atoms with van der Waals surface area (Å²) in [4.78, 5) is 25.7. The molecule has 0 fully saturated rings. The van der Waals surface area contributed by atoms with E-state index in [0.29, 0.717) is 16.7 Å². The second kappa shape index (κ2) is 10.7. The minimum absolute atomic E-state index is 0.0814. The van der Waals surface area contributed by atoms with E-state index in [2.05, 4.69) is 48.4 Å². The maximum atomic E-state index is 13.0. The summed E-state index contributed by atoms with van der Waals surface area (Å²) in [5, 5.41) is 11.8. The normalized spacial score (nSPS) is 11.5. The average Bonchev–Trinajstić information content (AvgIpc) is 3.32. The van der Waals surface area contributed by atoms with Crippen molar-refractivity contribution in [3.63, 3.8) is 0 Å². The van der Waals surface area contributed by atoms with Crippen LogP contribution in [0.25, 0.3) is 5.69 Å². The van der Waals surface area contributed by atoms with Crippen molar-refractivity contribution in [1.29, 1.82) is 0 Å². The van der Waals surface area contributed by atoms with Crippen molar-refractivity contribution >= 4 is 23.4 Å². The van der Waals surface area contributed by atoms with Gasteiger partial charge < -0.3 is 14.6 Å². The fourth-order valence-electron chi connectivity index (χ4n) is 3.81. The van der Waals surface area contributed by atoms with Crippen LogP contribution in [0.2, 0.25) is 0 Å². The van der Waals surface area contributed by atoms with Crippen LogP contribution in [0.15, 0.2) is 64.5 Å². The van der Waals surface area contributed by atoms with E-state index in [-0.39, 0.29) is 34.9 Å². The minimum atomic E-state index is -0.296. The van der Waals surface area contributed by atoms with Gasteiger partial charge in [-0.15, -0.1) is 10.2 Å². The van der Waals surface area contributed by atoms with E-state index in [1.807, 2.05) is 49.5 Å². The lowest BCUT2D eigenvalue weighted by atomic mass is 9.87. The molecule has 0 aliphatic heterocycles. The molecular formula is C27H32N6O3S. The Morgan fingerprint density at radius 2 is 1.70 bits per heavy atom. The van der Waals surface area contributed by atoms with Crippen LogP contribution in [0.5, 0.6) is 5.75 Å². The Bertz CT molecular complexity index is 1450. The van der Waals surface area contributed by atoms with Gasteiger partial charge >= 0.3 is 0 Å². The minimum Gasteiger partial charge on any atom is -0.486 e. The summed E-state index contributed by atoms with van der Waals surface area (Å²) in [7, 11) is 3.62. The molecular weight excluding hydrogens is 488 g/mol. The highest BCUT2D eigenvalue weighted by molar-refractivity contribution is 7.99. The third-order valence-electron chi connectivity index (χ3n) is 6.16. The number of amides is 1. The SMILES string of the molecule is Cc1c(NC(=O)CSc2nnc(COc3ccc(C(C)(C)C)cc3)n2C)c(=O)n(-c2ccccc2)n1C. The van der Waals surface area contributed by atoms with Gasteiger partial charge in [-0.3, -0.25) is 14.3 Å². The number of carbonyl (C=O) groups is 1. The fourth-order valence-corrected chi connectivity index (χ4v) is 4.54. The van der Waals surface area contributed by atoms with E-state index < -0.39 is 0 Å². The van der Waals surface area contributed by atoms with E-state index in [1.54, 1.807) is 23.2 Å². The van der Waals surface area contributed by atoms with E-state index >= 15 is 0 Å². The molecule has 4 rings (SSSR count). The standard InChI is InChI=1S/C27H32N6O3S/c1-18-24(25(35)33(32(18)6)20-10-8-7-9-11-20)28-23(34)17-37-26-30-29-22(31(26)5)16-36-21-14-12-19(13-15-21)27(2,3)4/h7-15H,16-17H2,1-6H3,(H,28,34). The van der Waals surface area contributed by atoms with Crippen LogP contribution < -0.4 is 15.6 Å². The number of carbonyl (C=O) groups excluding carboxylic acids is 1. The van der Waals surface area contributed by atoms with E-state index in [9.17, 15) is 9.59 Å². The predicted molar refractivity (Wildman–Crippen MR) is 146 cm³/mol. The predicted octanol–water partition coefficient (Wildman–Crippen LogP) is 4.22. The second-order valence-corrected chi connectivity index (χ2v) is 10.7. The van der Waals surface area contributed by atoms with Crippen molar-refractivity contribution in [2.75, 3.05) is 11.1 Å². The molecule has 0 bridgehead atoms. The maximum Gasteiger partial charge on any atom is 0.295 e. The number of anilines is 1. The smallest absolute Gasteiger partial charge is 0.295 e. The lowest BCUT2D eigenvalue weighted by molar-refractivity contribution is -0.113. The van der Waals surface area contributed by atoms with Gasteiger partial charge in [-0.1, -0.05) is 62.9 Å². The van der Waals surface area contributed by atoms with Crippen LogP contribution in [-0.2, 0) is 30.9 Å². The second-order valence-electron chi connectivity index (χ2n) is 9.79. The molecule has 37 heavy (non-hydrogen) atoms. The highest BCUT2D eigenvalue weighted by atomic mass is 32.2. The van der Waals surface area contributed by atoms with Crippen LogP contribution >= 0.6 is 11.8 Å². The molecule has 0 spiro atoms. The van der Waals surface area contributed by atoms with Crippen molar-refractivity contribution in [3.05, 3.63) is 82.0 Å². The molecule has 0 saturated carbocycles. The quantitative estimate of drug-likeness (QED) is 0.350. The molecule has 4 aromatic rings. The zero-order valence-electron chi connectivity index (χ0n) is 22.0. The number of hydrogen-bond acceptors (Lipinski definition) is 6. The van der Waals surface area contributed by atoms with Crippen molar-refractivity contribution in [2.45, 2.75) is 44.9 Å². The first-order valence-corrected chi connectivity index (χ1v) is 12.9. The Kier molecular flexibility index (Phi) is 7.58. The lowest BCUT2D eigenvalue weighted by Gasteiger charge is -2.19. The van der Waals surface area contributed by atoms with Crippen molar-refractivity contribution in [1.82, 2.24) is 24.1 Å². The van der Waals surface area contributed by atoms with E-state index in [1.165, 1.54) is 22.0 Å². The highest BCUT2D eigenvalue weighted by Gasteiger charge is 2.19. The highest BCUT2D eigenvalue weighted by Crippen LogP contribution is 2.25. The van der Waals surface area contributed by atoms with Gasteiger partial charge in [0.2, 0.25) is 5.91 Å². The van der Waals surface area contributed by atoms with Crippen molar-refractivity contribution < 1.29 is 9.53 Å². The number of nitrogens with one attached hydrogen (secondary N) is 1. The first kappa shape index (κ1) is 26.3. The summed E-state index contributed by atoms with van der Waals surface area (Å²) in [6.45, 7) is 8.57. The van der Waals surface area contributed by atoms with E-state index in [4.69, 9.17) is 4.74 Å². The molecule has 0 atom stereocenters. The first-order valence-electron chi connectivity index (χ1n) is 11.9. The molecule has 0 aliphatic carbocycles. The zero-order chi connectivity index (χ0) is 26.7. The van der Waals surface area contributed by atoms with Crippen LogP contribution in [-0.4, -0.2) is 35.8 Å². The third kappa shape index (κ3) is 5.80. The summed E-state index contributed by atoms with van der Waals surface area (Å²) in [6.07, 6.45) is 0. The van der Waals surface area contributed by atoms with Crippen molar-refractivity contribution in [3.8, 4) is 11.4 Å². The Morgan fingerprint density at radius 3 is 2.35 bits per heavy atom. The van der Waals surface area contributed by atoms with Gasteiger partial charge in [-0.05, 0) is 42.2 Å². The number of thioether (sulfide) groups is 1. The summed E-state index contributed by atoms with van der Waals surface area (Å²) in [6, 6.07) is 17.3. The molecule has 1 N–H and O–H groups in total. The summed E-state index contributed by atoms with van der Waals surface area (Å²) in [5.74, 6) is 1.19. The van der Waals surface area contributed by atoms with E-state index in [0.717, 1.165) is 11.4 Å². The Labute approximate surface area is 220 Å². The first-order chi connectivity index (χ1) is 17.6. The Hall–Kier alpha value is -3.79. The third-order valence-corrected chi connectivity index (χ3v) is 7.18. The largest absolute Gasteiger partial charge is 0.486 e. The van der Waals surface area contributed by atoms with Crippen LogP contribution in [0.3, 0.4) is 0 Å². The molecule has 0 radical (unpaired) electrons. The van der Waals surface area contributed by atoms with Gasteiger partial charge in [0.15, 0.2) is 11.0 Å². The number of benzene rings is 2. The molecule has 9 nitrogen and oxygen atoms in total. The maximum absolute atomic E-state index is 13.0. The molecule has 0 aliphatic rings. The molecule has 0 saturated heterocycles. The van der Waals surface area contributed by atoms with Crippen LogP contribution in [0.1, 0.15) is 37.9 Å². The molecule has 0 unspecified atom stereocenters. The summed E-state index contributed by atoms with van der Waals surface area (Å²) < 4.78 is 10.9. The molecule has 10 heteroatoms. The van der Waals surface area contributed by atoms with Gasteiger partial charge in [-0.25, -0.2) is 4.68 Å². The summed E-state index contributed by atoms with van der Waals surface area (Å²) in [5.41, 5.74) is 2.70. The zero-order valence-corrected chi connectivity index (χ0v) is 22.8. The average molecular weight is 521 g/mol. The topological polar surface area (TPSA) is 96.0 Å². The summed E-state index contributed by atoms with van der Waals surface area (Å²) >= 11 is 1.25. The van der Waals surface area contributed by atoms with Gasteiger partial charge in [0, 0.05) is 14.1 Å². The molecule has 194 valence electrons. The molecule has 1 amide bonds. The lowest BCUT2D eigenvalue weighted by Crippen LogP contribution is -2.23. The number of nitrogens with zero attached hydrogens (tertiary/aromatic N) is 5. The molecule has 2 heterocycles. The number of para-hydroxylation sites is 1. The Morgan fingerprint density at radius 1 is 1.03 bits per heavy atom. The number of aromatic nitrogens is 5. The number of rotatable bonds is 8. The Balaban J connectivity index is 1.36. The van der Waals surface area contributed by atoms with Crippen LogP contribution in [0.4, 0.5) is 5.69 Å². The van der Waals surface area contributed by atoms with Crippen molar-refractivity contribution in [2.24, 2.45) is 14.1 Å². The van der Waals surface area contributed by atoms with Gasteiger partial charge in [-0.2, -0.15) is 0 Å². The molecule has 2 aromatic carbocycles. The number of ether oxygens (including phenoxy) is 1. The van der Waals surface area contributed by atoms with Crippen LogP contribution in [0, 0.1) is 6.92 Å².